The summed E-state index contributed by atoms with van der Waals surface area (Å²) in [6.45, 7) is 9.38. The summed E-state index contributed by atoms with van der Waals surface area (Å²) < 4.78 is 31.3. The number of nitrogens with zero attached hydrogens (tertiary/aromatic N) is 2. The SMILES string of the molecule is Cc1cc(NC(=O)CN(c2c(C(C)C)cccc2C(C)C)S(C)(=O)=O)no1. The van der Waals surface area contributed by atoms with Crippen LogP contribution >= 0.6 is 0 Å². The lowest BCUT2D eigenvalue weighted by Gasteiger charge is -2.29. The molecule has 148 valence electrons. The van der Waals surface area contributed by atoms with Crippen LogP contribution in [0, 0.1) is 6.92 Å². The minimum Gasteiger partial charge on any atom is -0.360 e. The van der Waals surface area contributed by atoms with Crippen LogP contribution < -0.4 is 9.62 Å². The van der Waals surface area contributed by atoms with E-state index in [1.165, 1.54) is 4.31 Å². The summed E-state index contributed by atoms with van der Waals surface area (Å²) in [6, 6.07) is 7.31. The van der Waals surface area contributed by atoms with Crippen LogP contribution in [0.4, 0.5) is 11.5 Å². The molecule has 0 fully saturated rings. The molecule has 0 radical (unpaired) electrons. The highest BCUT2D eigenvalue weighted by Gasteiger charge is 2.27. The third kappa shape index (κ3) is 5.09. The van der Waals surface area contributed by atoms with Crippen LogP contribution in [0.15, 0.2) is 28.8 Å². The molecule has 1 amide bonds. The predicted molar refractivity (Wildman–Crippen MR) is 107 cm³/mol. The molecule has 0 atom stereocenters. The van der Waals surface area contributed by atoms with Gasteiger partial charge < -0.3 is 9.84 Å². The number of para-hydroxylation sites is 1. The molecule has 7 nitrogen and oxygen atoms in total. The fourth-order valence-corrected chi connectivity index (χ4v) is 3.79. The third-order valence-corrected chi connectivity index (χ3v) is 5.29. The van der Waals surface area contributed by atoms with Crippen molar-refractivity contribution in [3.8, 4) is 0 Å². The highest BCUT2D eigenvalue weighted by Crippen LogP contribution is 2.36. The Kier molecular flexibility index (Phi) is 6.30. The summed E-state index contributed by atoms with van der Waals surface area (Å²) in [6.07, 6.45) is 1.11. The van der Waals surface area contributed by atoms with E-state index in [1.54, 1.807) is 13.0 Å². The molecule has 1 aromatic carbocycles. The Balaban J connectivity index is 2.47. The van der Waals surface area contributed by atoms with Gasteiger partial charge >= 0.3 is 0 Å². The lowest BCUT2D eigenvalue weighted by atomic mass is 9.92. The second-order valence-electron chi connectivity index (χ2n) is 7.24. The van der Waals surface area contributed by atoms with Gasteiger partial charge in [-0.3, -0.25) is 9.10 Å². The molecule has 0 saturated carbocycles. The van der Waals surface area contributed by atoms with Crippen molar-refractivity contribution in [1.29, 1.82) is 0 Å². The molecule has 0 bridgehead atoms. The molecule has 0 aliphatic rings. The van der Waals surface area contributed by atoms with E-state index in [4.69, 9.17) is 4.52 Å². The molecule has 1 aromatic heterocycles. The van der Waals surface area contributed by atoms with Crippen molar-refractivity contribution in [3.63, 3.8) is 0 Å². The first-order valence-electron chi connectivity index (χ1n) is 8.84. The monoisotopic (exact) mass is 393 g/mol. The average molecular weight is 394 g/mol. The standard InChI is InChI=1S/C19H27N3O4S/c1-12(2)15-8-7-9-16(13(3)4)19(15)22(27(6,24)25)11-18(23)20-17-10-14(5)26-21-17/h7-10,12-13H,11H2,1-6H3,(H,20,21,23). The summed E-state index contributed by atoms with van der Waals surface area (Å²) in [7, 11) is -3.68. The fraction of sp³-hybridized carbons (Fsp3) is 0.474. The summed E-state index contributed by atoms with van der Waals surface area (Å²) >= 11 is 0. The molecule has 0 aliphatic carbocycles. The van der Waals surface area contributed by atoms with Gasteiger partial charge in [-0.1, -0.05) is 51.1 Å². The van der Waals surface area contributed by atoms with Gasteiger partial charge in [-0.05, 0) is 29.9 Å². The van der Waals surface area contributed by atoms with Crippen LogP contribution in [-0.2, 0) is 14.8 Å². The number of aromatic nitrogens is 1. The molecular weight excluding hydrogens is 366 g/mol. The van der Waals surface area contributed by atoms with Gasteiger partial charge in [0.1, 0.15) is 12.3 Å². The Morgan fingerprint density at radius 3 is 2.15 bits per heavy atom. The molecule has 0 unspecified atom stereocenters. The largest absolute Gasteiger partial charge is 0.360 e. The van der Waals surface area contributed by atoms with Crippen LogP contribution in [-0.4, -0.2) is 32.3 Å². The molecule has 0 spiro atoms. The van der Waals surface area contributed by atoms with Gasteiger partial charge in [0.2, 0.25) is 15.9 Å². The Bertz CT molecular complexity index is 891. The lowest BCUT2D eigenvalue weighted by molar-refractivity contribution is -0.114. The molecule has 2 aromatic rings. The van der Waals surface area contributed by atoms with E-state index in [1.807, 2.05) is 45.9 Å². The van der Waals surface area contributed by atoms with E-state index in [0.717, 1.165) is 17.4 Å². The number of hydrogen-bond donors (Lipinski definition) is 1. The third-order valence-electron chi connectivity index (χ3n) is 4.17. The van der Waals surface area contributed by atoms with Crippen LogP contribution in [0.5, 0.6) is 0 Å². The Labute approximate surface area is 160 Å². The maximum absolute atomic E-state index is 12.6. The van der Waals surface area contributed by atoms with Crippen LogP contribution in [0.1, 0.15) is 56.4 Å². The maximum atomic E-state index is 12.6. The smallest absolute Gasteiger partial charge is 0.246 e. The van der Waals surface area contributed by atoms with Crippen molar-refractivity contribution < 1.29 is 17.7 Å². The highest BCUT2D eigenvalue weighted by molar-refractivity contribution is 7.92. The molecule has 8 heteroatoms. The Morgan fingerprint density at radius 2 is 1.74 bits per heavy atom. The van der Waals surface area contributed by atoms with Crippen LogP contribution in [0.25, 0.3) is 0 Å². The zero-order valence-electron chi connectivity index (χ0n) is 16.6. The molecular formula is C19H27N3O4S. The van der Waals surface area contributed by atoms with Crippen molar-refractivity contribution in [1.82, 2.24) is 5.16 Å². The van der Waals surface area contributed by atoms with Gasteiger partial charge in [-0.2, -0.15) is 0 Å². The van der Waals surface area contributed by atoms with Gasteiger partial charge in [-0.25, -0.2) is 8.42 Å². The van der Waals surface area contributed by atoms with Crippen molar-refractivity contribution in [2.45, 2.75) is 46.5 Å². The summed E-state index contributed by atoms with van der Waals surface area (Å²) in [5, 5.41) is 6.30. The quantitative estimate of drug-likeness (QED) is 0.775. The number of rotatable bonds is 7. The molecule has 27 heavy (non-hydrogen) atoms. The number of sulfonamides is 1. The van der Waals surface area contributed by atoms with Gasteiger partial charge in [0.15, 0.2) is 5.82 Å². The van der Waals surface area contributed by atoms with Gasteiger partial charge in [0, 0.05) is 6.07 Å². The normalized spacial score (nSPS) is 11.9. The van der Waals surface area contributed by atoms with E-state index < -0.39 is 15.9 Å². The number of benzene rings is 1. The number of carbonyl (C=O) groups excluding carboxylic acids is 1. The zero-order valence-corrected chi connectivity index (χ0v) is 17.4. The Hall–Kier alpha value is -2.35. The predicted octanol–water partition coefficient (Wildman–Crippen LogP) is 3.63. The first-order chi connectivity index (χ1) is 12.5. The molecule has 1 heterocycles. The van der Waals surface area contributed by atoms with Crippen molar-refractivity contribution in [3.05, 3.63) is 41.2 Å². The van der Waals surface area contributed by atoms with Crippen LogP contribution in [0.3, 0.4) is 0 Å². The first kappa shape index (κ1) is 21.0. The van der Waals surface area contributed by atoms with Gasteiger partial charge in [0.25, 0.3) is 0 Å². The molecule has 0 aliphatic heterocycles. The number of amides is 1. The molecule has 2 rings (SSSR count). The second-order valence-corrected chi connectivity index (χ2v) is 9.14. The number of anilines is 2. The van der Waals surface area contributed by atoms with E-state index >= 15 is 0 Å². The number of aryl methyl sites for hydroxylation is 1. The maximum Gasteiger partial charge on any atom is 0.246 e. The number of hydrogen-bond acceptors (Lipinski definition) is 5. The zero-order chi connectivity index (χ0) is 20.4. The summed E-state index contributed by atoms with van der Waals surface area (Å²) in [4.78, 5) is 12.5. The van der Waals surface area contributed by atoms with E-state index in [-0.39, 0.29) is 24.2 Å². The summed E-state index contributed by atoms with van der Waals surface area (Å²) in [5.74, 6) is 0.528. The first-order valence-corrected chi connectivity index (χ1v) is 10.7. The second kappa shape index (κ2) is 8.12. The molecule has 1 N–H and O–H groups in total. The van der Waals surface area contributed by atoms with E-state index in [0.29, 0.717) is 11.4 Å². The lowest BCUT2D eigenvalue weighted by Crippen LogP contribution is -2.38. The van der Waals surface area contributed by atoms with Crippen molar-refractivity contribution >= 4 is 27.4 Å². The summed E-state index contributed by atoms with van der Waals surface area (Å²) in [5.41, 5.74) is 2.35. The highest BCUT2D eigenvalue weighted by atomic mass is 32.2. The molecule has 0 saturated heterocycles. The number of nitrogens with one attached hydrogen (secondary N) is 1. The Morgan fingerprint density at radius 1 is 1.19 bits per heavy atom. The van der Waals surface area contributed by atoms with Gasteiger partial charge in [-0.15, -0.1) is 0 Å². The minimum atomic E-state index is -3.68. The number of carbonyl (C=O) groups is 1. The van der Waals surface area contributed by atoms with E-state index in [2.05, 4.69) is 10.5 Å². The van der Waals surface area contributed by atoms with E-state index in [9.17, 15) is 13.2 Å². The van der Waals surface area contributed by atoms with Crippen molar-refractivity contribution in [2.75, 3.05) is 22.4 Å². The topological polar surface area (TPSA) is 92.5 Å². The van der Waals surface area contributed by atoms with Gasteiger partial charge in [0.05, 0.1) is 11.9 Å². The average Bonchev–Trinajstić information content (AvgIpc) is 2.95. The minimum absolute atomic E-state index is 0.101. The fourth-order valence-electron chi connectivity index (χ4n) is 2.90. The van der Waals surface area contributed by atoms with Crippen molar-refractivity contribution in [2.24, 2.45) is 0 Å². The van der Waals surface area contributed by atoms with Crippen LogP contribution in [0.2, 0.25) is 0 Å².